The molecule has 1 aliphatic rings. The monoisotopic (exact) mass is 389 g/mol. The molecule has 146 valence electrons. The van der Waals surface area contributed by atoms with Gasteiger partial charge in [-0.25, -0.2) is 4.39 Å². The van der Waals surface area contributed by atoms with Crippen molar-refractivity contribution in [2.75, 3.05) is 11.5 Å². The maximum Gasteiger partial charge on any atom is 0.265 e. The molecule has 0 unspecified atom stereocenters. The predicted molar refractivity (Wildman–Crippen MR) is 109 cm³/mol. The third kappa shape index (κ3) is 3.90. The number of fused-ring (bicyclic) bond motifs is 1. The molecule has 4 nitrogen and oxygen atoms in total. The van der Waals surface area contributed by atoms with Gasteiger partial charge in [0.1, 0.15) is 11.6 Å². The summed E-state index contributed by atoms with van der Waals surface area (Å²) in [6.45, 7) is 1.94. The van der Waals surface area contributed by atoms with Crippen LogP contribution in [0.2, 0.25) is 0 Å². The number of anilines is 1. The van der Waals surface area contributed by atoms with Crippen LogP contribution in [0.5, 0.6) is 5.75 Å². The number of para-hydroxylation sites is 1. The van der Waals surface area contributed by atoms with Crippen molar-refractivity contribution in [3.05, 3.63) is 95.3 Å². The second-order valence-electron chi connectivity index (χ2n) is 7.09. The van der Waals surface area contributed by atoms with Gasteiger partial charge in [-0.2, -0.15) is 0 Å². The lowest BCUT2D eigenvalue weighted by molar-refractivity contribution is -0.120. The molecule has 1 aliphatic heterocycles. The fourth-order valence-corrected chi connectivity index (χ4v) is 3.63. The zero-order chi connectivity index (χ0) is 20.4. The highest BCUT2D eigenvalue weighted by Gasteiger charge is 2.30. The Hall–Kier alpha value is -3.47. The Morgan fingerprint density at radius 2 is 1.59 bits per heavy atom. The molecule has 29 heavy (non-hydrogen) atoms. The van der Waals surface area contributed by atoms with Crippen molar-refractivity contribution in [1.82, 2.24) is 0 Å². The van der Waals surface area contributed by atoms with Crippen LogP contribution in [0, 0.1) is 5.82 Å². The summed E-state index contributed by atoms with van der Waals surface area (Å²) in [7, 11) is 0. The molecule has 1 atom stereocenters. The van der Waals surface area contributed by atoms with Gasteiger partial charge in [-0.05, 0) is 73.5 Å². The van der Waals surface area contributed by atoms with Crippen LogP contribution in [-0.2, 0) is 11.2 Å². The summed E-state index contributed by atoms with van der Waals surface area (Å²) >= 11 is 0. The number of carbonyl (C=O) groups is 2. The Morgan fingerprint density at radius 3 is 2.28 bits per heavy atom. The predicted octanol–water partition coefficient (Wildman–Crippen LogP) is 4.41. The van der Waals surface area contributed by atoms with Gasteiger partial charge >= 0.3 is 0 Å². The minimum atomic E-state index is -0.384. The van der Waals surface area contributed by atoms with E-state index in [1.54, 1.807) is 29.2 Å². The quantitative estimate of drug-likeness (QED) is 0.607. The topological polar surface area (TPSA) is 46.6 Å². The van der Waals surface area contributed by atoms with E-state index in [0.29, 0.717) is 16.9 Å². The van der Waals surface area contributed by atoms with E-state index >= 15 is 0 Å². The molecule has 3 aromatic carbocycles. The number of nitrogens with zero attached hydrogens (tertiary/aromatic N) is 1. The number of ketones is 1. The Labute approximate surface area is 168 Å². The first kappa shape index (κ1) is 18.9. The molecule has 1 amide bonds. The molecule has 0 saturated heterocycles. The van der Waals surface area contributed by atoms with Gasteiger partial charge in [0, 0.05) is 22.9 Å². The number of rotatable bonds is 5. The van der Waals surface area contributed by atoms with Gasteiger partial charge in [-0.1, -0.05) is 18.2 Å². The number of benzene rings is 3. The molecule has 0 N–H and O–H groups in total. The first-order valence-electron chi connectivity index (χ1n) is 9.46. The Bertz CT molecular complexity index is 1040. The van der Waals surface area contributed by atoms with E-state index < -0.39 is 0 Å². The Kier molecular flexibility index (Phi) is 5.12. The van der Waals surface area contributed by atoms with E-state index in [9.17, 15) is 14.0 Å². The molecule has 4 rings (SSSR count). The van der Waals surface area contributed by atoms with Crippen molar-refractivity contribution in [3.63, 3.8) is 0 Å². The summed E-state index contributed by atoms with van der Waals surface area (Å²) < 4.78 is 18.7. The van der Waals surface area contributed by atoms with Gasteiger partial charge in [0.25, 0.3) is 5.91 Å². The number of halogens is 1. The Morgan fingerprint density at radius 1 is 0.966 bits per heavy atom. The van der Waals surface area contributed by atoms with E-state index in [2.05, 4.69) is 0 Å². The molecule has 0 saturated carbocycles. The van der Waals surface area contributed by atoms with Crippen molar-refractivity contribution >= 4 is 17.4 Å². The number of ether oxygens (including phenoxy) is 1. The molecule has 0 fully saturated rings. The first-order chi connectivity index (χ1) is 14.0. The molecule has 0 spiro atoms. The standard InChI is InChI=1S/C24H20FNO3/c1-16-14-19-4-2-3-5-22(19)26(16)23(27)15-29-21-12-8-18(9-13-21)24(28)17-6-10-20(25)11-7-17/h2-13,16H,14-15H2,1H3/t16-/m1/s1. The lowest BCUT2D eigenvalue weighted by atomic mass is 10.0. The second kappa shape index (κ2) is 7.87. The molecule has 0 bridgehead atoms. The van der Waals surface area contributed by atoms with Gasteiger partial charge < -0.3 is 9.64 Å². The maximum absolute atomic E-state index is 13.0. The third-order valence-corrected chi connectivity index (χ3v) is 5.06. The summed E-state index contributed by atoms with van der Waals surface area (Å²) in [5, 5.41) is 0. The fourth-order valence-electron chi connectivity index (χ4n) is 3.63. The summed E-state index contributed by atoms with van der Waals surface area (Å²) in [5.74, 6) is -0.178. The molecule has 3 aromatic rings. The van der Waals surface area contributed by atoms with Crippen molar-refractivity contribution in [2.24, 2.45) is 0 Å². The molecule has 0 aromatic heterocycles. The van der Waals surface area contributed by atoms with Crippen molar-refractivity contribution in [2.45, 2.75) is 19.4 Å². The van der Waals surface area contributed by atoms with Crippen LogP contribution in [-0.4, -0.2) is 24.3 Å². The summed E-state index contributed by atoms with van der Waals surface area (Å²) in [5.41, 5.74) is 2.99. The minimum absolute atomic E-state index is 0.0794. The SMILES string of the molecule is C[C@@H]1Cc2ccccc2N1C(=O)COc1ccc(C(=O)c2ccc(F)cc2)cc1. The minimum Gasteiger partial charge on any atom is -0.484 e. The van der Waals surface area contributed by atoms with Gasteiger partial charge in [0.2, 0.25) is 0 Å². The van der Waals surface area contributed by atoms with Crippen LogP contribution in [0.4, 0.5) is 10.1 Å². The third-order valence-electron chi connectivity index (χ3n) is 5.06. The average Bonchev–Trinajstić information content (AvgIpc) is 3.08. The second-order valence-corrected chi connectivity index (χ2v) is 7.09. The molecule has 0 aliphatic carbocycles. The zero-order valence-corrected chi connectivity index (χ0v) is 16.0. The van der Waals surface area contributed by atoms with Gasteiger partial charge in [0.05, 0.1) is 0 Å². The van der Waals surface area contributed by atoms with Crippen LogP contribution < -0.4 is 9.64 Å². The highest BCUT2D eigenvalue weighted by molar-refractivity contribution is 6.09. The fraction of sp³-hybridized carbons (Fsp3) is 0.167. The molecule has 1 heterocycles. The number of hydrogen-bond donors (Lipinski definition) is 0. The summed E-state index contributed by atoms with van der Waals surface area (Å²) in [6, 6.07) is 20.0. The van der Waals surface area contributed by atoms with Crippen molar-refractivity contribution < 1.29 is 18.7 Å². The Balaban J connectivity index is 1.40. The van der Waals surface area contributed by atoms with Gasteiger partial charge in [-0.15, -0.1) is 0 Å². The van der Waals surface area contributed by atoms with Gasteiger partial charge in [0.15, 0.2) is 12.4 Å². The maximum atomic E-state index is 13.0. The highest BCUT2D eigenvalue weighted by Crippen LogP contribution is 2.31. The van der Waals surface area contributed by atoms with E-state index in [4.69, 9.17) is 4.74 Å². The van der Waals surface area contributed by atoms with E-state index in [1.807, 2.05) is 31.2 Å². The number of carbonyl (C=O) groups excluding carboxylic acids is 2. The zero-order valence-electron chi connectivity index (χ0n) is 16.0. The van der Waals surface area contributed by atoms with Crippen LogP contribution in [0.3, 0.4) is 0 Å². The average molecular weight is 389 g/mol. The number of hydrogen-bond acceptors (Lipinski definition) is 3. The largest absolute Gasteiger partial charge is 0.484 e. The van der Waals surface area contributed by atoms with E-state index in [1.165, 1.54) is 24.3 Å². The van der Waals surface area contributed by atoms with Crippen LogP contribution >= 0.6 is 0 Å². The molecular weight excluding hydrogens is 369 g/mol. The van der Waals surface area contributed by atoms with Gasteiger partial charge in [-0.3, -0.25) is 9.59 Å². The summed E-state index contributed by atoms with van der Waals surface area (Å²) in [4.78, 5) is 26.9. The highest BCUT2D eigenvalue weighted by atomic mass is 19.1. The van der Waals surface area contributed by atoms with Crippen molar-refractivity contribution in [1.29, 1.82) is 0 Å². The smallest absolute Gasteiger partial charge is 0.265 e. The summed E-state index contributed by atoms with van der Waals surface area (Å²) in [6.07, 6.45) is 0.835. The lowest BCUT2D eigenvalue weighted by Crippen LogP contribution is -2.39. The van der Waals surface area contributed by atoms with Crippen LogP contribution in [0.25, 0.3) is 0 Å². The molecule has 5 heteroatoms. The van der Waals surface area contributed by atoms with E-state index in [-0.39, 0.29) is 30.2 Å². The van der Waals surface area contributed by atoms with Crippen molar-refractivity contribution in [3.8, 4) is 5.75 Å². The van der Waals surface area contributed by atoms with E-state index in [0.717, 1.165) is 17.7 Å². The van der Waals surface area contributed by atoms with Crippen LogP contribution in [0.1, 0.15) is 28.4 Å². The molecular formula is C24H20FNO3. The first-order valence-corrected chi connectivity index (χ1v) is 9.46. The van der Waals surface area contributed by atoms with Crippen LogP contribution in [0.15, 0.2) is 72.8 Å². The lowest BCUT2D eigenvalue weighted by Gasteiger charge is -2.22. The number of amides is 1. The molecule has 0 radical (unpaired) electrons. The normalized spacial score (nSPS) is 15.1.